The molecule has 3 nitrogen and oxygen atoms in total. The molecule has 0 radical (unpaired) electrons. The predicted molar refractivity (Wildman–Crippen MR) is 85.5 cm³/mol. The third-order valence-corrected chi connectivity index (χ3v) is 4.80. The summed E-state index contributed by atoms with van der Waals surface area (Å²) in [5, 5.41) is 3.57. The van der Waals surface area contributed by atoms with Crippen LogP contribution in [-0.4, -0.2) is 17.1 Å². The third-order valence-electron chi connectivity index (χ3n) is 4.80. The Hall–Kier alpha value is -1.09. The van der Waals surface area contributed by atoms with Crippen LogP contribution in [0.3, 0.4) is 0 Å². The number of aromatic nitrogens is 1. The quantitative estimate of drug-likeness (QED) is 0.859. The first-order valence-corrected chi connectivity index (χ1v) is 8.62. The number of nitrogens with zero attached hydrogens (tertiary/aromatic N) is 1. The molecule has 0 spiro atoms. The van der Waals surface area contributed by atoms with Crippen molar-refractivity contribution in [3.05, 3.63) is 23.4 Å². The highest BCUT2D eigenvalue weighted by atomic mass is 16.5. The van der Waals surface area contributed by atoms with E-state index in [1.165, 1.54) is 50.5 Å². The monoisotopic (exact) mass is 288 g/mol. The fourth-order valence-corrected chi connectivity index (χ4v) is 3.37. The molecule has 2 saturated carbocycles. The second kappa shape index (κ2) is 6.78. The first-order valence-electron chi connectivity index (χ1n) is 8.62. The minimum Gasteiger partial charge on any atom is -0.474 e. The van der Waals surface area contributed by atoms with Crippen molar-refractivity contribution in [2.75, 3.05) is 0 Å². The maximum Gasteiger partial charge on any atom is 0.214 e. The molecular formula is C18H28N2O. The number of rotatable bonds is 6. The van der Waals surface area contributed by atoms with Gasteiger partial charge in [0, 0.05) is 24.3 Å². The van der Waals surface area contributed by atoms with Crippen LogP contribution in [0.15, 0.2) is 12.1 Å². The van der Waals surface area contributed by atoms with Crippen molar-refractivity contribution >= 4 is 0 Å². The fraction of sp³-hybridized carbons (Fsp3) is 0.722. The van der Waals surface area contributed by atoms with E-state index in [9.17, 15) is 0 Å². The molecule has 2 aliphatic carbocycles. The molecule has 2 fully saturated rings. The fourth-order valence-electron chi connectivity index (χ4n) is 3.37. The van der Waals surface area contributed by atoms with Crippen LogP contribution in [-0.2, 0) is 6.54 Å². The Bertz CT molecular complexity index is 470. The molecule has 2 unspecified atom stereocenters. The zero-order chi connectivity index (χ0) is 14.7. The average molecular weight is 288 g/mol. The van der Waals surface area contributed by atoms with Crippen molar-refractivity contribution in [1.29, 1.82) is 0 Å². The lowest BCUT2D eigenvalue weighted by atomic mass is 9.85. The SMILES string of the molecule is CCC1CCCCC1Oc1cc(CNC2CC2)cc(C)n1. The van der Waals surface area contributed by atoms with Gasteiger partial charge in [-0.15, -0.1) is 0 Å². The van der Waals surface area contributed by atoms with Crippen LogP contribution in [0.1, 0.15) is 63.1 Å². The highest BCUT2D eigenvalue weighted by Crippen LogP contribution is 2.30. The Morgan fingerprint density at radius 1 is 1.19 bits per heavy atom. The predicted octanol–water partition coefficient (Wildman–Crippen LogP) is 3.99. The van der Waals surface area contributed by atoms with Crippen molar-refractivity contribution in [3.8, 4) is 5.88 Å². The molecule has 3 heteroatoms. The van der Waals surface area contributed by atoms with Crippen molar-refractivity contribution < 1.29 is 4.74 Å². The molecule has 21 heavy (non-hydrogen) atoms. The van der Waals surface area contributed by atoms with Gasteiger partial charge in [-0.25, -0.2) is 4.98 Å². The van der Waals surface area contributed by atoms with E-state index in [0.29, 0.717) is 12.0 Å². The average Bonchev–Trinajstić information content (AvgIpc) is 3.29. The van der Waals surface area contributed by atoms with Crippen molar-refractivity contribution in [2.24, 2.45) is 5.92 Å². The number of hydrogen-bond acceptors (Lipinski definition) is 3. The molecule has 0 bridgehead atoms. The molecule has 1 heterocycles. The Kier molecular flexibility index (Phi) is 4.79. The molecule has 2 atom stereocenters. The van der Waals surface area contributed by atoms with Crippen molar-refractivity contribution in [1.82, 2.24) is 10.3 Å². The van der Waals surface area contributed by atoms with Crippen molar-refractivity contribution in [3.63, 3.8) is 0 Å². The van der Waals surface area contributed by atoms with E-state index in [-0.39, 0.29) is 0 Å². The minimum atomic E-state index is 0.363. The third kappa shape index (κ3) is 4.19. The van der Waals surface area contributed by atoms with Crippen LogP contribution in [0.2, 0.25) is 0 Å². The summed E-state index contributed by atoms with van der Waals surface area (Å²) in [4.78, 5) is 4.59. The summed E-state index contributed by atoms with van der Waals surface area (Å²) < 4.78 is 6.26. The lowest BCUT2D eigenvalue weighted by molar-refractivity contribution is 0.0856. The van der Waals surface area contributed by atoms with Gasteiger partial charge in [0.2, 0.25) is 5.88 Å². The van der Waals surface area contributed by atoms with Crippen molar-refractivity contribution in [2.45, 2.75) is 77.5 Å². The Balaban J connectivity index is 1.65. The number of ether oxygens (including phenoxy) is 1. The van der Waals surface area contributed by atoms with E-state index in [4.69, 9.17) is 4.74 Å². The summed E-state index contributed by atoms with van der Waals surface area (Å²) in [6.45, 7) is 5.28. The van der Waals surface area contributed by atoms with Gasteiger partial charge in [-0.2, -0.15) is 0 Å². The van der Waals surface area contributed by atoms with Gasteiger partial charge >= 0.3 is 0 Å². The van der Waals surface area contributed by atoms with Crippen LogP contribution in [0, 0.1) is 12.8 Å². The molecule has 116 valence electrons. The molecule has 1 aromatic rings. The maximum absolute atomic E-state index is 6.26. The van der Waals surface area contributed by atoms with Crippen LogP contribution in [0.25, 0.3) is 0 Å². The zero-order valence-electron chi connectivity index (χ0n) is 13.4. The molecule has 0 saturated heterocycles. The number of hydrogen-bond donors (Lipinski definition) is 1. The van der Waals surface area contributed by atoms with Crippen LogP contribution >= 0.6 is 0 Å². The second-order valence-corrected chi connectivity index (χ2v) is 6.72. The summed E-state index contributed by atoms with van der Waals surface area (Å²) in [6.07, 6.45) is 9.38. The zero-order valence-corrected chi connectivity index (χ0v) is 13.4. The van der Waals surface area contributed by atoms with Crippen LogP contribution < -0.4 is 10.1 Å². The van der Waals surface area contributed by atoms with E-state index in [2.05, 4.69) is 36.3 Å². The topological polar surface area (TPSA) is 34.1 Å². The maximum atomic E-state index is 6.26. The summed E-state index contributed by atoms with van der Waals surface area (Å²) in [7, 11) is 0. The Morgan fingerprint density at radius 2 is 2.00 bits per heavy atom. The molecule has 0 amide bonds. The van der Waals surface area contributed by atoms with E-state index in [1.807, 2.05) is 0 Å². The molecule has 0 aliphatic heterocycles. The normalized spacial score (nSPS) is 25.8. The molecule has 1 aromatic heterocycles. The van der Waals surface area contributed by atoms with Gasteiger partial charge in [0.05, 0.1) is 0 Å². The summed E-state index contributed by atoms with van der Waals surface area (Å²) in [5.74, 6) is 1.53. The summed E-state index contributed by atoms with van der Waals surface area (Å²) >= 11 is 0. The Labute approximate surface area is 128 Å². The van der Waals surface area contributed by atoms with E-state index in [1.54, 1.807) is 0 Å². The van der Waals surface area contributed by atoms with Crippen LogP contribution in [0.4, 0.5) is 0 Å². The molecule has 3 rings (SSSR count). The van der Waals surface area contributed by atoms with Gasteiger partial charge in [0.1, 0.15) is 6.10 Å². The summed E-state index contributed by atoms with van der Waals surface area (Å²) in [5.41, 5.74) is 2.36. The lowest BCUT2D eigenvalue weighted by Crippen LogP contribution is -2.30. The van der Waals surface area contributed by atoms with Gasteiger partial charge in [0.15, 0.2) is 0 Å². The van der Waals surface area contributed by atoms with Gasteiger partial charge in [-0.05, 0) is 63.0 Å². The molecular weight excluding hydrogens is 260 g/mol. The van der Waals surface area contributed by atoms with Gasteiger partial charge in [-0.1, -0.05) is 13.3 Å². The number of nitrogens with one attached hydrogen (secondary N) is 1. The van der Waals surface area contributed by atoms with E-state index in [0.717, 1.165) is 24.2 Å². The smallest absolute Gasteiger partial charge is 0.214 e. The minimum absolute atomic E-state index is 0.363. The highest BCUT2D eigenvalue weighted by molar-refractivity contribution is 5.25. The van der Waals surface area contributed by atoms with E-state index >= 15 is 0 Å². The van der Waals surface area contributed by atoms with Gasteiger partial charge in [0.25, 0.3) is 0 Å². The molecule has 2 aliphatic rings. The van der Waals surface area contributed by atoms with E-state index < -0.39 is 0 Å². The number of aryl methyl sites for hydroxylation is 1. The highest BCUT2D eigenvalue weighted by Gasteiger charge is 2.26. The number of pyridine rings is 1. The first-order chi connectivity index (χ1) is 10.2. The second-order valence-electron chi connectivity index (χ2n) is 6.72. The molecule has 1 N–H and O–H groups in total. The van der Waals surface area contributed by atoms with Gasteiger partial charge in [-0.3, -0.25) is 0 Å². The largest absolute Gasteiger partial charge is 0.474 e. The summed E-state index contributed by atoms with van der Waals surface area (Å²) in [6, 6.07) is 5.04. The lowest BCUT2D eigenvalue weighted by Gasteiger charge is -2.31. The van der Waals surface area contributed by atoms with Crippen LogP contribution in [0.5, 0.6) is 5.88 Å². The Morgan fingerprint density at radius 3 is 2.76 bits per heavy atom. The molecule has 0 aromatic carbocycles. The van der Waals surface area contributed by atoms with Gasteiger partial charge < -0.3 is 10.1 Å². The first kappa shape index (κ1) is 14.8. The standard InChI is InChI=1S/C18H28N2O/c1-3-15-6-4-5-7-17(15)21-18-11-14(10-13(2)20-18)12-19-16-8-9-16/h10-11,15-17,19H,3-9,12H2,1-2H3.